The van der Waals surface area contributed by atoms with Crippen molar-refractivity contribution in [1.82, 2.24) is 4.90 Å². The first-order valence-corrected chi connectivity index (χ1v) is 7.01. The molecule has 1 aromatic carbocycles. The molecule has 0 aliphatic carbocycles. The molecular weight excluding hydrogens is 252 g/mol. The van der Waals surface area contributed by atoms with Crippen molar-refractivity contribution in [2.75, 3.05) is 20.7 Å². The Hall–Kier alpha value is -1.55. The topological polar surface area (TPSA) is 55.6 Å². The summed E-state index contributed by atoms with van der Waals surface area (Å²) in [6, 6.07) is 7.71. The van der Waals surface area contributed by atoms with Gasteiger partial charge in [-0.25, -0.2) is 0 Å². The Kier molecular flexibility index (Phi) is 5.57. The van der Waals surface area contributed by atoms with Gasteiger partial charge in [0.05, 0.1) is 18.6 Å². The third-order valence-corrected chi connectivity index (χ3v) is 4.24. The van der Waals surface area contributed by atoms with Crippen molar-refractivity contribution in [2.24, 2.45) is 11.1 Å². The summed E-state index contributed by atoms with van der Waals surface area (Å²) in [4.78, 5) is 14.4. The summed E-state index contributed by atoms with van der Waals surface area (Å²) in [6.07, 6.45) is 0.727. The Labute approximate surface area is 121 Å². The molecule has 1 amide bonds. The molecule has 1 rings (SSSR count). The van der Waals surface area contributed by atoms with Crippen LogP contribution in [0.15, 0.2) is 24.3 Å². The molecule has 4 nitrogen and oxygen atoms in total. The van der Waals surface area contributed by atoms with Crippen LogP contribution >= 0.6 is 0 Å². The number of nitrogens with two attached hydrogens (primary N) is 1. The lowest BCUT2D eigenvalue weighted by Crippen LogP contribution is -2.45. The minimum Gasteiger partial charge on any atom is -0.496 e. The standard InChI is InChI=1S/C16H26N2O2/c1-6-16(3,11-17)15(19)18(4)12(2)13-9-7-8-10-14(13)20-5/h7-10,12H,6,11,17H2,1-5H3. The molecule has 2 N–H and O–H groups in total. The van der Waals surface area contributed by atoms with Crippen LogP contribution in [0.4, 0.5) is 0 Å². The average molecular weight is 278 g/mol. The first-order valence-electron chi connectivity index (χ1n) is 7.01. The van der Waals surface area contributed by atoms with Crippen LogP contribution in [-0.4, -0.2) is 31.5 Å². The van der Waals surface area contributed by atoms with Crippen molar-refractivity contribution in [2.45, 2.75) is 33.2 Å². The van der Waals surface area contributed by atoms with Crippen molar-refractivity contribution < 1.29 is 9.53 Å². The van der Waals surface area contributed by atoms with Crippen LogP contribution in [0.3, 0.4) is 0 Å². The predicted octanol–water partition coefficient (Wildman–Crippen LogP) is 2.59. The van der Waals surface area contributed by atoms with Gasteiger partial charge in [-0.2, -0.15) is 0 Å². The zero-order chi connectivity index (χ0) is 15.3. The predicted molar refractivity (Wildman–Crippen MR) is 81.6 cm³/mol. The molecule has 4 heteroatoms. The van der Waals surface area contributed by atoms with Crippen LogP contribution < -0.4 is 10.5 Å². The maximum absolute atomic E-state index is 12.6. The molecule has 0 aliphatic rings. The second-order valence-corrected chi connectivity index (χ2v) is 5.45. The molecule has 0 saturated carbocycles. The quantitative estimate of drug-likeness (QED) is 0.870. The number of methoxy groups -OCH3 is 1. The highest BCUT2D eigenvalue weighted by Gasteiger charge is 2.34. The van der Waals surface area contributed by atoms with Gasteiger partial charge in [0.1, 0.15) is 5.75 Å². The smallest absolute Gasteiger partial charge is 0.230 e. The summed E-state index contributed by atoms with van der Waals surface area (Å²) < 4.78 is 5.37. The lowest BCUT2D eigenvalue weighted by atomic mass is 9.85. The monoisotopic (exact) mass is 278 g/mol. The van der Waals surface area contributed by atoms with Gasteiger partial charge in [0.15, 0.2) is 0 Å². The fourth-order valence-electron chi connectivity index (χ4n) is 2.20. The van der Waals surface area contributed by atoms with Crippen LogP contribution in [0.2, 0.25) is 0 Å². The summed E-state index contributed by atoms with van der Waals surface area (Å²) in [7, 11) is 3.46. The van der Waals surface area contributed by atoms with E-state index in [9.17, 15) is 4.79 Å². The van der Waals surface area contributed by atoms with Gasteiger partial charge < -0.3 is 15.4 Å². The van der Waals surface area contributed by atoms with Crippen molar-refractivity contribution in [3.8, 4) is 5.75 Å². The number of nitrogens with zero attached hydrogens (tertiary/aromatic N) is 1. The summed E-state index contributed by atoms with van der Waals surface area (Å²) in [5.41, 5.74) is 6.27. The number of para-hydroxylation sites is 1. The maximum Gasteiger partial charge on any atom is 0.230 e. The maximum atomic E-state index is 12.6. The van der Waals surface area contributed by atoms with Gasteiger partial charge in [-0.05, 0) is 26.3 Å². The average Bonchev–Trinajstić information content (AvgIpc) is 2.51. The molecule has 0 fully saturated rings. The Morgan fingerprint density at radius 1 is 1.45 bits per heavy atom. The lowest BCUT2D eigenvalue weighted by molar-refractivity contribution is -0.141. The van der Waals surface area contributed by atoms with E-state index in [1.165, 1.54) is 0 Å². The van der Waals surface area contributed by atoms with Crippen molar-refractivity contribution in [3.63, 3.8) is 0 Å². The third-order valence-electron chi connectivity index (χ3n) is 4.24. The Balaban J connectivity index is 3.02. The van der Waals surface area contributed by atoms with Crippen LogP contribution in [0.5, 0.6) is 5.75 Å². The van der Waals surface area contributed by atoms with E-state index in [2.05, 4.69) is 0 Å². The minimum absolute atomic E-state index is 0.0592. The Bertz CT molecular complexity index is 456. The molecule has 0 aliphatic heterocycles. The molecule has 2 atom stereocenters. The van der Waals surface area contributed by atoms with E-state index in [-0.39, 0.29) is 11.9 Å². The minimum atomic E-state index is -0.509. The molecule has 20 heavy (non-hydrogen) atoms. The van der Waals surface area contributed by atoms with Gasteiger partial charge in [0.25, 0.3) is 0 Å². The zero-order valence-electron chi connectivity index (χ0n) is 13.1. The normalized spacial score (nSPS) is 15.3. The SMILES string of the molecule is CCC(C)(CN)C(=O)N(C)C(C)c1ccccc1OC. The molecule has 1 aromatic rings. The van der Waals surface area contributed by atoms with Gasteiger partial charge in [-0.1, -0.05) is 25.1 Å². The van der Waals surface area contributed by atoms with E-state index in [1.54, 1.807) is 12.0 Å². The van der Waals surface area contributed by atoms with E-state index >= 15 is 0 Å². The second kappa shape index (κ2) is 6.75. The highest BCUT2D eigenvalue weighted by Crippen LogP contribution is 2.31. The molecule has 0 spiro atoms. The fourth-order valence-corrected chi connectivity index (χ4v) is 2.20. The number of hydrogen-bond acceptors (Lipinski definition) is 3. The highest BCUT2D eigenvalue weighted by molar-refractivity contribution is 5.82. The molecular formula is C16H26N2O2. The van der Waals surface area contributed by atoms with Crippen LogP contribution in [-0.2, 0) is 4.79 Å². The number of hydrogen-bond donors (Lipinski definition) is 1. The zero-order valence-corrected chi connectivity index (χ0v) is 13.1. The van der Waals surface area contributed by atoms with Gasteiger partial charge in [0, 0.05) is 19.2 Å². The molecule has 112 valence electrons. The fraction of sp³-hybridized carbons (Fsp3) is 0.562. The molecule has 0 saturated heterocycles. The number of rotatable bonds is 6. The summed E-state index contributed by atoms with van der Waals surface area (Å²) in [6.45, 7) is 6.26. The Morgan fingerprint density at radius 2 is 2.05 bits per heavy atom. The number of carbonyl (C=O) groups excluding carboxylic acids is 1. The second-order valence-electron chi connectivity index (χ2n) is 5.45. The lowest BCUT2D eigenvalue weighted by Gasteiger charge is -2.34. The number of carbonyl (C=O) groups is 1. The third kappa shape index (κ3) is 3.12. The summed E-state index contributed by atoms with van der Waals surface area (Å²) in [5.74, 6) is 0.867. The van der Waals surface area contributed by atoms with Crippen molar-refractivity contribution >= 4 is 5.91 Å². The van der Waals surface area contributed by atoms with Gasteiger partial charge in [-0.3, -0.25) is 4.79 Å². The van der Waals surface area contributed by atoms with E-state index in [0.29, 0.717) is 6.54 Å². The molecule has 0 aromatic heterocycles. The largest absolute Gasteiger partial charge is 0.496 e. The van der Waals surface area contributed by atoms with Crippen molar-refractivity contribution in [1.29, 1.82) is 0 Å². The molecule has 0 radical (unpaired) electrons. The number of amides is 1. The van der Waals surface area contributed by atoms with E-state index in [0.717, 1.165) is 17.7 Å². The van der Waals surface area contributed by atoms with Crippen LogP contribution in [0, 0.1) is 5.41 Å². The summed E-state index contributed by atoms with van der Waals surface area (Å²) >= 11 is 0. The van der Waals surface area contributed by atoms with Crippen LogP contribution in [0.25, 0.3) is 0 Å². The van der Waals surface area contributed by atoms with E-state index < -0.39 is 5.41 Å². The number of ether oxygens (including phenoxy) is 1. The van der Waals surface area contributed by atoms with Crippen molar-refractivity contribution in [3.05, 3.63) is 29.8 Å². The van der Waals surface area contributed by atoms with E-state index in [1.807, 2.05) is 52.1 Å². The van der Waals surface area contributed by atoms with Crippen LogP contribution in [0.1, 0.15) is 38.8 Å². The summed E-state index contributed by atoms with van der Waals surface area (Å²) in [5, 5.41) is 0. The first kappa shape index (κ1) is 16.5. The van der Waals surface area contributed by atoms with E-state index in [4.69, 9.17) is 10.5 Å². The molecule has 2 unspecified atom stereocenters. The highest BCUT2D eigenvalue weighted by atomic mass is 16.5. The van der Waals surface area contributed by atoms with Gasteiger partial charge in [0.2, 0.25) is 5.91 Å². The molecule has 0 bridgehead atoms. The van der Waals surface area contributed by atoms with Gasteiger partial charge in [-0.15, -0.1) is 0 Å². The molecule has 0 heterocycles. The van der Waals surface area contributed by atoms with Gasteiger partial charge >= 0.3 is 0 Å². The Morgan fingerprint density at radius 3 is 2.55 bits per heavy atom. The first-order chi connectivity index (χ1) is 9.41. The number of benzene rings is 1.